The molecule has 0 amide bonds. The number of hydrogen-bond acceptors (Lipinski definition) is 7. The Bertz CT molecular complexity index is 919. The van der Waals surface area contributed by atoms with E-state index >= 15 is 0 Å². The van der Waals surface area contributed by atoms with Gasteiger partial charge in [0.2, 0.25) is 5.89 Å². The topological polar surface area (TPSA) is 91.5 Å². The molecule has 0 radical (unpaired) electrons. The van der Waals surface area contributed by atoms with Crippen LogP contribution in [0.15, 0.2) is 59.0 Å². The molecule has 0 bridgehead atoms. The van der Waals surface area contributed by atoms with E-state index in [2.05, 4.69) is 10.2 Å². The molecule has 1 aromatic heterocycles. The Morgan fingerprint density at radius 3 is 2.43 bits per heavy atom. The molecule has 0 aliphatic rings. The molecule has 2 aromatic carbocycles. The minimum Gasteiger partial charge on any atom is -0.494 e. The van der Waals surface area contributed by atoms with Crippen LogP contribution in [0.2, 0.25) is 0 Å². The molecule has 0 fully saturated rings. The maximum absolute atomic E-state index is 12.2. The van der Waals surface area contributed by atoms with E-state index < -0.39 is 5.97 Å². The molecule has 0 saturated heterocycles. The van der Waals surface area contributed by atoms with Crippen LogP contribution < -0.4 is 4.74 Å². The first-order valence-corrected chi connectivity index (χ1v) is 8.95. The third-order valence-electron chi connectivity index (χ3n) is 3.89. The lowest BCUT2D eigenvalue weighted by Gasteiger charge is -2.05. The summed E-state index contributed by atoms with van der Waals surface area (Å²) in [4.78, 5) is 24.0. The molecule has 144 valence electrons. The van der Waals surface area contributed by atoms with Crippen molar-refractivity contribution in [2.24, 2.45) is 0 Å². The molecule has 0 aliphatic carbocycles. The summed E-state index contributed by atoms with van der Waals surface area (Å²) in [6.45, 7) is 2.32. The van der Waals surface area contributed by atoms with Crippen molar-refractivity contribution in [3.05, 3.63) is 66.1 Å². The van der Waals surface area contributed by atoms with Crippen molar-refractivity contribution in [3.8, 4) is 17.2 Å². The SMILES string of the molecule is CCOc1ccc(C(=O)CCC(=O)OCc2nnc(-c3ccccc3)o2)cc1. The molecule has 7 nitrogen and oxygen atoms in total. The van der Waals surface area contributed by atoms with Crippen LogP contribution in [0.4, 0.5) is 0 Å². The van der Waals surface area contributed by atoms with E-state index in [-0.39, 0.29) is 31.1 Å². The number of carbonyl (C=O) groups is 2. The lowest BCUT2D eigenvalue weighted by molar-refractivity contribution is -0.145. The summed E-state index contributed by atoms with van der Waals surface area (Å²) in [5.41, 5.74) is 1.31. The molecule has 3 rings (SSSR count). The number of aromatic nitrogens is 2. The number of benzene rings is 2. The molecule has 28 heavy (non-hydrogen) atoms. The minimum absolute atomic E-state index is 0.0221. The average Bonchev–Trinajstić information content (AvgIpc) is 3.21. The van der Waals surface area contributed by atoms with Crippen molar-refractivity contribution in [1.82, 2.24) is 10.2 Å². The van der Waals surface area contributed by atoms with Crippen molar-refractivity contribution >= 4 is 11.8 Å². The van der Waals surface area contributed by atoms with E-state index in [1.165, 1.54) is 0 Å². The van der Waals surface area contributed by atoms with Gasteiger partial charge in [0.1, 0.15) is 5.75 Å². The largest absolute Gasteiger partial charge is 0.494 e. The second-order valence-corrected chi connectivity index (χ2v) is 5.91. The third-order valence-corrected chi connectivity index (χ3v) is 3.89. The van der Waals surface area contributed by atoms with Crippen LogP contribution in [0, 0.1) is 0 Å². The molecule has 0 spiro atoms. The number of carbonyl (C=O) groups excluding carboxylic acids is 2. The van der Waals surface area contributed by atoms with Crippen LogP contribution in [0.5, 0.6) is 5.75 Å². The Morgan fingerprint density at radius 2 is 1.71 bits per heavy atom. The number of ketones is 1. The third kappa shape index (κ3) is 5.26. The smallest absolute Gasteiger partial charge is 0.306 e. The van der Waals surface area contributed by atoms with Gasteiger partial charge < -0.3 is 13.9 Å². The van der Waals surface area contributed by atoms with Crippen LogP contribution in [0.3, 0.4) is 0 Å². The summed E-state index contributed by atoms with van der Waals surface area (Å²) < 4.78 is 15.9. The Kier molecular flexibility index (Phi) is 6.51. The molecule has 7 heteroatoms. The van der Waals surface area contributed by atoms with E-state index in [1.807, 2.05) is 37.3 Å². The van der Waals surface area contributed by atoms with Crippen molar-refractivity contribution in [2.75, 3.05) is 6.61 Å². The standard InChI is InChI=1S/C21H20N2O5/c1-2-26-17-10-8-15(9-11-17)18(24)12-13-20(25)27-14-19-22-23-21(28-19)16-6-4-3-5-7-16/h3-11H,2,12-14H2,1H3. The van der Waals surface area contributed by atoms with E-state index in [9.17, 15) is 9.59 Å². The summed E-state index contributed by atoms with van der Waals surface area (Å²) >= 11 is 0. The first-order chi connectivity index (χ1) is 13.7. The van der Waals surface area contributed by atoms with E-state index in [0.29, 0.717) is 23.8 Å². The zero-order valence-electron chi connectivity index (χ0n) is 15.5. The van der Waals surface area contributed by atoms with Gasteiger partial charge in [-0.2, -0.15) is 0 Å². The molecular formula is C21H20N2O5. The highest BCUT2D eigenvalue weighted by Crippen LogP contribution is 2.17. The predicted molar refractivity (Wildman–Crippen MR) is 101 cm³/mol. The Balaban J connectivity index is 1.44. The van der Waals surface area contributed by atoms with Gasteiger partial charge in [-0.05, 0) is 43.3 Å². The van der Waals surface area contributed by atoms with E-state index in [0.717, 1.165) is 5.56 Å². The number of esters is 1. The fourth-order valence-corrected chi connectivity index (χ4v) is 2.49. The number of nitrogens with zero attached hydrogens (tertiary/aromatic N) is 2. The fraction of sp³-hybridized carbons (Fsp3) is 0.238. The highest BCUT2D eigenvalue weighted by Gasteiger charge is 2.13. The van der Waals surface area contributed by atoms with Crippen LogP contribution in [0.1, 0.15) is 36.0 Å². The molecule has 0 aliphatic heterocycles. The van der Waals surface area contributed by atoms with Gasteiger partial charge in [-0.25, -0.2) is 0 Å². The van der Waals surface area contributed by atoms with Gasteiger partial charge in [0.05, 0.1) is 13.0 Å². The molecule has 0 saturated carbocycles. The predicted octanol–water partition coefficient (Wildman–Crippen LogP) is 3.84. The molecule has 0 unspecified atom stereocenters. The van der Waals surface area contributed by atoms with Crippen molar-refractivity contribution in [3.63, 3.8) is 0 Å². The normalized spacial score (nSPS) is 10.5. The van der Waals surface area contributed by atoms with Gasteiger partial charge in [-0.3, -0.25) is 9.59 Å². The average molecular weight is 380 g/mol. The van der Waals surface area contributed by atoms with Crippen molar-refractivity contribution < 1.29 is 23.5 Å². The quantitative estimate of drug-likeness (QED) is 0.411. The number of rotatable bonds is 9. The van der Waals surface area contributed by atoms with Crippen LogP contribution >= 0.6 is 0 Å². The van der Waals surface area contributed by atoms with Gasteiger partial charge in [0.25, 0.3) is 5.89 Å². The van der Waals surface area contributed by atoms with Gasteiger partial charge in [-0.1, -0.05) is 18.2 Å². The first-order valence-electron chi connectivity index (χ1n) is 8.95. The van der Waals surface area contributed by atoms with Gasteiger partial charge >= 0.3 is 5.97 Å². The Labute approximate surface area is 162 Å². The molecule has 3 aromatic rings. The summed E-state index contributed by atoms with van der Waals surface area (Å²) in [6, 6.07) is 16.1. The monoisotopic (exact) mass is 380 g/mol. The second-order valence-electron chi connectivity index (χ2n) is 5.91. The minimum atomic E-state index is -0.501. The molecule has 0 atom stereocenters. The van der Waals surface area contributed by atoms with Gasteiger partial charge in [-0.15, -0.1) is 10.2 Å². The summed E-state index contributed by atoms with van der Waals surface area (Å²) in [5, 5.41) is 7.78. The lowest BCUT2D eigenvalue weighted by atomic mass is 10.1. The maximum Gasteiger partial charge on any atom is 0.306 e. The highest BCUT2D eigenvalue weighted by molar-refractivity contribution is 5.97. The molecular weight excluding hydrogens is 360 g/mol. The van der Waals surface area contributed by atoms with Crippen LogP contribution in [0.25, 0.3) is 11.5 Å². The van der Waals surface area contributed by atoms with Crippen molar-refractivity contribution in [2.45, 2.75) is 26.4 Å². The van der Waals surface area contributed by atoms with Crippen LogP contribution in [-0.2, 0) is 16.1 Å². The summed E-state index contributed by atoms with van der Waals surface area (Å²) in [6.07, 6.45) is 0.0393. The van der Waals surface area contributed by atoms with E-state index in [4.69, 9.17) is 13.9 Å². The number of ether oxygens (including phenoxy) is 2. The molecule has 1 heterocycles. The lowest BCUT2D eigenvalue weighted by Crippen LogP contribution is -2.08. The zero-order chi connectivity index (χ0) is 19.8. The van der Waals surface area contributed by atoms with Gasteiger partial charge in [0.15, 0.2) is 12.4 Å². The highest BCUT2D eigenvalue weighted by atomic mass is 16.5. The number of Topliss-reactive ketones (excluding diaryl/α,β-unsaturated/α-hetero) is 1. The van der Waals surface area contributed by atoms with Gasteiger partial charge in [0, 0.05) is 17.5 Å². The summed E-state index contributed by atoms with van der Waals surface area (Å²) in [7, 11) is 0. The van der Waals surface area contributed by atoms with E-state index in [1.54, 1.807) is 24.3 Å². The first kappa shape index (κ1) is 19.3. The fourth-order valence-electron chi connectivity index (χ4n) is 2.49. The second kappa shape index (κ2) is 9.45. The Morgan fingerprint density at radius 1 is 0.964 bits per heavy atom. The number of hydrogen-bond donors (Lipinski definition) is 0. The molecule has 0 N–H and O–H groups in total. The summed E-state index contributed by atoms with van der Waals surface area (Å²) in [5.74, 6) is 0.623. The van der Waals surface area contributed by atoms with Crippen molar-refractivity contribution in [1.29, 1.82) is 0 Å². The van der Waals surface area contributed by atoms with Crippen LogP contribution in [-0.4, -0.2) is 28.6 Å². The maximum atomic E-state index is 12.2. The zero-order valence-corrected chi connectivity index (χ0v) is 15.5. The Hall–Kier alpha value is -3.48.